The molecule has 4 heteroatoms. The molecule has 1 aliphatic rings. The first-order chi connectivity index (χ1) is 8.88. The number of anilines is 1. The van der Waals surface area contributed by atoms with Crippen LogP contribution in [0.5, 0.6) is 0 Å². The van der Waals surface area contributed by atoms with Gasteiger partial charge in [0.15, 0.2) is 0 Å². The number of morpholine rings is 1. The van der Waals surface area contributed by atoms with Crippen LogP contribution < -0.4 is 5.32 Å². The molecule has 1 aromatic carbocycles. The SMILES string of the molecule is N#Cc1cc[c]c(NCCCN2CCOCC2)c1. The maximum atomic E-state index is 8.79. The number of nitrogens with one attached hydrogen (secondary N) is 1. The average molecular weight is 244 g/mol. The summed E-state index contributed by atoms with van der Waals surface area (Å²) in [7, 11) is 0. The first-order valence-electron chi connectivity index (χ1n) is 6.34. The minimum absolute atomic E-state index is 0.671. The van der Waals surface area contributed by atoms with E-state index in [1.54, 1.807) is 12.1 Å². The summed E-state index contributed by atoms with van der Waals surface area (Å²) in [5.74, 6) is 0. The van der Waals surface area contributed by atoms with E-state index in [1.807, 2.05) is 6.07 Å². The van der Waals surface area contributed by atoms with Gasteiger partial charge in [-0.2, -0.15) is 5.26 Å². The highest BCUT2D eigenvalue weighted by atomic mass is 16.5. The number of nitrogens with zero attached hydrogens (tertiary/aromatic N) is 2. The van der Waals surface area contributed by atoms with E-state index in [1.165, 1.54) is 0 Å². The van der Waals surface area contributed by atoms with Crippen LogP contribution in [0.1, 0.15) is 12.0 Å². The molecule has 0 atom stereocenters. The molecule has 1 heterocycles. The van der Waals surface area contributed by atoms with E-state index in [0.717, 1.165) is 51.5 Å². The van der Waals surface area contributed by atoms with E-state index in [2.05, 4.69) is 22.4 Å². The van der Waals surface area contributed by atoms with Gasteiger partial charge in [0.2, 0.25) is 0 Å². The van der Waals surface area contributed by atoms with Crippen molar-refractivity contribution in [2.24, 2.45) is 0 Å². The summed E-state index contributed by atoms with van der Waals surface area (Å²) in [5.41, 5.74) is 1.57. The number of benzene rings is 1. The van der Waals surface area contributed by atoms with Crippen molar-refractivity contribution in [3.8, 4) is 6.07 Å². The lowest BCUT2D eigenvalue weighted by Crippen LogP contribution is -2.37. The molecule has 18 heavy (non-hydrogen) atoms. The Kier molecular flexibility index (Phi) is 5.00. The van der Waals surface area contributed by atoms with Crippen LogP contribution in [0.2, 0.25) is 0 Å². The molecule has 4 nitrogen and oxygen atoms in total. The minimum Gasteiger partial charge on any atom is -0.384 e. The Morgan fingerprint density at radius 2 is 2.28 bits per heavy atom. The average Bonchev–Trinajstić information content (AvgIpc) is 2.45. The van der Waals surface area contributed by atoms with Crippen molar-refractivity contribution < 1.29 is 4.74 Å². The standard InChI is InChI=1S/C14H18N3O/c15-12-13-3-1-4-14(11-13)16-5-2-6-17-7-9-18-10-8-17/h1,3,11,16H,2,5-10H2. The summed E-state index contributed by atoms with van der Waals surface area (Å²) in [5, 5.41) is 12.1. The van der Waals surface area contributed by atoms with Gasteiger partial charge in [-0.3, -0.25) is 4.90 Å². The molecule has 95 valence electrons. The fraction of sp³-hybridized carbons (Fsp3) is 0.500. The predicted molar refractivity (Wildman–Crippen MR) is 70.4 cm³/mol. The molecule has 2 rings (SSSR count). The lowest BCUT2D eigenvalue weighted by Gasteiger charge is -2.26. The molecule has 0 bridgehead atoms. The molecule has 1 aliphatic heterocycles. The summed E-state index contributed by atoms with van der Waals surface area (Å²) in [6.45, 7) is 5.78. The van der Waals surface area contributed by atoms with Crippen molar-refractivity contribution in [1.82, 2.24) is 4.90 Å². The molecule has 0 aromatic heterocycles. The third-order valence-corrected chi connectivity index (χ3v) is 3.00. The summed E-state index contributed by atoms with van der Waals surface area (Å²) in [6, 6.07) is 10.6. The fourth-order valence-electron chi connectivity index (χ4n) is 1.99. The first kappa shape index (κ1) is 12.9. The van der Waals surface area contributed by atoms with E-state index in [4.69, 9.17) is 10.00 Å². The second-order valence-electron chi connectivity index (χ2n) is 4.34. The Balaban J connectivity index is 1.67. The second kappa shape index (κ2) is 7.00. The maximum absolute atomic E-state index is 8.79. The second-order valence-corrected chi connectivity index (χ2v) is 4.34. The normalized spacial score (nSPS) is 16.2. The largest absolute Gasteiger partial charge is 0.384 e. The van der Waals surface area contributed by atoms with Gasteiger partial charge in [-0.15, -0.1) is 0 Å². The predicted octanol–water partition coefficient (Wildman–Crippen LogP) is 1.49. The van der Waals surface area contributed by atoms with E-state index < -0.39 is 0 Å². The highest BCUT2D eigenvalue weighted by Crippen LogP contribution is 2.08. The van der Waals surface area contributed by atoms with Crippen LogP contribution in [-0.2, 0) is 4.74 Å². The fourth-order valence-corrected chi connectivity index (χ4v) is 1.99. The molecule has 0 amide bonds. The minimum atomic E-state index is 0.671. The topological polar surface area (TPSA) is 48.3 Å². The lowest BCUT2D eigenvalue weighted by molar-refractivity contribution is 0.0378. The van der Waals surface area contributed by atoms with Crippen LogP contribution in [0, 0.1) is 17.4 Å². The van der Waals surface area contributed by atoms with Crippen molar-refractivity contribution in [3.63, 3.8) is 0 Å². The van der Waals surface area contributed by atoms with Gasteiger partial charge < -0.3 is 10.1 Å². The van der Waals surface area contributed by atoms with Crippen molar-refractivity contribution in [1.29, 1.82) is 5.26 Å². The van der Waals surface area contributed by atoms with E-state index in [9.17, 15) is 0 Å². The van der Waals surface area contributed by atoms with Crippen molar-refractivity contribution in [2.75, 3.05) is 44.7 Å². The van der Waals surface area contributed by atoms with Gasteiger partial charge in [-0.05, 0) is 25.1 Å². The van der Waals surface area contributed by atoms with Gasteiger partial charge in [0.25, 0.3) is 0 Å². The Hall–Kier alpha value is -1.57. The molecule has 0 aliphatic carbocycles. The summed E-state index contributed by atoms with van der Waals surface area (Å²) in [6.07, 6.45) is 1.09. The highest BCUT2D eigenvalue weighted by Gasteiger charge is 2.08. The quantitative estimate of drug-likeness (QED) is 0.797. The van der Waals surface area contributed by atoms with Crippen molar-refractivity contribution >= 4 is 5.69 Å². The molecule has 1 fully saturated rings. The van der Waals surface area contributed by atoms with Gasteiger partial charge >= 0.3 is 0 Å². The van der Waals surface area contributed by atoms with Gasteiger partial charge in [-0.1, -0.05) is 6.07 Å². The Morgan fingerprint density at radius 1 is 1.44 bits per heavy atom. The third-order valence-electron chi connectivity index (χ3n) is 3.00. The van der Waals surface area contributed by atoms with E-state index in [0.29, 0.717) is 5.56 Å². The summed E-state index contributed by atoms with van der Waals surface area (Å²) < 4.78 is 5.31. The number of rotatable bonds is 5. The zero-order chi connectivity index (χ0) is 12.6. The summed E-state index contributed by atoms with van der Waals surface area (Å²) in [4.78, 5) is 2.42. The third kappa shape index (κ3) is 4.02. The zero-order valence-corrected chi connectivity index (χ0v) is 10.5. The highest BCUT2D eigenvalue weighted by molar-refractivity contribution is 5.47. The van der Waals surface area contributed by atoms with Crippen LogP contribution in [0.25, 0.3) is 0 Å². The van der Waals surface area contributed by atoms with Crippen LogP contribution >= 0.6 is 0 Å². The van der Waals surface area contributed by atoms with Gasteiger partial charge in [0.1, 0.15) is 0 Å². The van der Waals surface area contributed by atoms with Gasteiger partial charge in [0.05, 0.1) is 24.8 Å². The van der Waals surface area contributed by atoms with Crippen LogP contribution in [0.15, 0.2) is 18.2 Å². The van der Waals surface area contributed by atoms with E-state index in [-0.39, 0.29) is 0 Å². The molecule has 1 N–H and O–H groups in total. The monoisotopic (exact) mass is 244 g/mol. The van der Waals surface area contributed by atoms with Crippen LogP contribution in [0.3, 0.4) is 0 Å². The number of hydrogen-bond acceptors (Lipinski definition) is 4. The number of ether oxygens (including phenoxy) is 1. The van der Waals surface area contributed by atoms with E-state index >= 15 is 0 Å². The lowest BCUT2D eigenvalue weighted by atomic mass is 10.2. The smallest absolute Gasteiger partial charge is 0.0992 e. The molecule has 0 saturated carbocycles. The first-order valence-corrected chi connectivity index (χ1v) is 6.34. The Bertz CT molecular complexity index is 408. The molecule has 0 spiro atoms. The Morgan fingerprint density at radius 3 is 3.06 bits per heavy atom. The molecule has 0 unspecified atom stereocenters. The zero-order valence-electron chi connectivity index (χ0n) is 10.5. The summed E-state index contributed by atoms with van der Waals surface area (Å²) >= 11 is 0. The van der Waals surface area contributed by atoms with Crippen molar-refractivity contribution in [3.05, 3.63) is 29.8 Å². The molecule has 1 aromatic rings. The van der Waals surface area contributed by atoms with Gasteiger partial charge in [-0.25, -0.2) is 0 Å². The maximum Gasteiger partial charge on any atom is 0.0992 e. The number of nitriles is 1. The van der Waals surface area contributed by atoms with Crippen LogP contribution in [0.4, 0.5) is 5.69 Å². The van der Waals surface area contributed by atoms with Crippen LogP contribution in [-0.4, -0.2) is 44.3 Å². The van der Waals surface area contributed by atoms with Gasteiger partial charge in [0, 0.05) is 31.4 Å². The Labute approximate surface area is 108 Å². The van der Waals surface area contributed by atoms with Crippen molar-refractivity contribution in [2.45, 2.75) is 6.42 Å². The molecular weight excluding hydrogens is 226 g/mol. The number of hydrogen-bond donors (Lipinski definition) is 1. The molecule has 1 radical (unpaired) electrons. The molecular formula is C14H18N3O. The molecule has 1 saturated heterocycles.